The molecule has 2 aromatic rings. The second-order valence-corrected chi connectivity index (χ2v) is 5.57. The standard InChI is InChI=1S/C19H22N2O2/c22-19(20-13-15-23-16-14-20)11-12-21(17-7-3-1-4-8-17)18-9-5-2-6-10-18/h1-10H,11-16H2. The summed E-state index contributed by atoms with van der Waals surface area (Å²) in [7, 11) is 0. The first-order valence-corrected chi connectivity index (χ1v) is 8.08. The summed E-state index contributed by atoms with van der Waals surface area (Å²) in [6.45, 7) is 3.37. The summed E-state index contributed by atoms with van der Waals surface area (Å²) >= 11 is 0. The van der Waals surface area contributed by atoms with E-state index in [2.05, 4.69) is 29.2 Å². The van der Waals surface area contributed by atoms with E-state index in [4.69, 9.17) is 4.74 Å². The number of carbonyl (C=O) groups excluding carboxylic acids is 1. The van der Waals surface area contributed by atoms with E-state index in [0.717, 1.165) is 11.4 Å². The molecule has 3 rings (SSSR count). The van der Waals surface area contributed by atoms with Gasteiger partial charge in [-0.2, -0.15) is 0 Å². The van der Waals surface area contributed by atoms with Crippen molar-refractivity contribution in [2.24, 2.45) is 0 Å². The van der Waals surface area contributed by atoms with Gasteiger partial charge in [-0.1, -0.05) is 36.4 Å². The Hall–Kier alpha value is -2.33. The average molecular weight is 310 g/mol. The summed E-state index contributed by atoms with van der Waals surface area (Å²) in [6.07, 6.45) is 0.504. The van der Waals surface area contributed by atoms with Crippen LogP contribution in [0.2, 0.25) is 0 Å². The third-order valence-corrected chi connectivity index (χ3v) is 4.05. The Morgan fingerprint density at radius 2 is 1.43 bits per heavy atom. The Morgan fingerprint density at radius 3 is 1.96 bits per heavy atom. The van der Waals surface area contributed by atoms with Gasteiger partial charge in [0.2, 0.25) is 5.91 Å². The Kier molecular flexibility index (Phi) is 5.27. The van der Waals surface area contributed by atoms with Crippen molar-refractivity contribution in [3.05, 3.63) is 60.7 Å². The van der Waals surface area contributed by atoms with E-state index in [-0.39, 0.29) is 5.91 Å². The van der Waals surface area contributed by atoms with Crippen LogP contribution in [0.25, 0.3) is 0 Å². The zero-order valence-corrected chi connectivity index (χ0v) is 13.2. The average Bonchev–Trinajstić information content (AvgIpc) is 2.64. The fourth-order valence-electron chi connectivity index (χ4n) is 2.80. The van der Waals surface area contributed by atoms with Gasteiger partial charge in [0.25, 0.3) is 0 Å². The third kappa shape index (κ3) is 4.11. The van der Waals surface area contributed by atoms with Gasteiger partial charge in [-0.05, 0) is 24.3 Å². The Balaban J connectivity index is 1.70. The number of para-hydroxylation sites is 2. The molecule has 0 atom stereocenters. The number of carbonyl (C=O) groups is 1. The molecule has 120 valence electrons. The van der Waals surface area contributed by atoms with Gasteiger partial charge in [0.1, 0.15) is 0 Å². The van der Waals surface area contributed by atoms with Crippen molar-refractivity contribution in [1.29, 1.82) is 0 Å². The van der Waals surface area contributed by atoms with E-state index < -0.39 is 0 Å². The maximum absolute atomic E-state index is 12.4. The minimum Gasteiger partial charge on any atom is -0.378 e. The minimum atomic E-state index is 0.199. The number of hydrogen-bond donors (Lipinski definition) is 0. The molecular weight excluding hydrogens is 288 g/mol. The van der Waals surface area contributed by atoms with E-state index in [1.54, 1.807) is 0 Å². The van der Waals surface area contributed by atoms with Gasteiger partial charge >= 0.3 is 0 Å². The Morgan fingerprint density at radius 1 is 0.913 bits per heavy atom. The quantitative estimate of drug-likeness (QED) is 0.851. The molecule has 1 aliphatic rings. The monoisotopic (exact) mass is 310 g/mol. The van der Waals surface area contributed by atoms with Crippen molar-refractivity contribution >= 4 is 17.3 Å². The van der Waals surface area contributed by atoms with Crippen molar-refractivity contribution in [2.75, 3.05) is 37.7 Å². The first kappa shape index (κ1) is 15.6. The molecule has 0 aromatic heterocycles. The number of morpholine rings is 1. The number of ether oxygens (including phenoxy) is 1. The number of hydrogen-bond acceptors (Lipinski definition) is 3. The molecule has 0 bridgehead atoms. The normalized spacial score (nSPS) is 14.5. The maximum Gasteiger partial charge on any atom is 0.224 e. The van der Waals surface area contributed by atoms with Crippen molar-refractivity contribution in [2.45, 2.75) is 6.42 Å². The first-order chi connectivity index (χ1) is 11.3. The molecule has 1 amide bonds. The van der Waals surface area contributed by atoms with Crippen molar-refractivity contribution in [1.82, 2.24) is 4.90 Å². The van der Waals surface area contributed by atoms with Crippen molar-refractivity contribution in [3.63, 3.8) is 0 Å². The lowest BCUT2D eigenvalue weighted by Gasteiger charge is -2.29. The summed E-state index contributed by atoms with van der Waals surface area (Å²) in [6, 6.07) is 20.4. The van der Waals surface area contributed by atoms with Gasteiger partial charge in [-0.25, -0.2) is 0 Å². The maximum atomic E-state index is 12.4. The fourth-order valence-corrected chi connectivity index (χ4v) is 2.80. The van der Waals surface area contributed by atoms with Gasteiger partial charge in [0.05, 0.1) is 13.2 Å². The van der Waals surface area contributed by atoms with Gasteiger partial charge in [-0.3, -0.25) is 4.79 Å². The van der Waals surface area contributed by atoms with Crippen LogP contribution in [0, 0.1) is 0 Å². The smallest absolute Gasteiger partial charge is 0.224 e. The van der Waals surface area contributed by atoms with Crippen LogP contribution in [0.3, 0.4) is 0 Å². The predicted octanol–water partition coefficient (Wildman–Crippen LogP) is 3.07. The second-order valence-electron chi connectivity index (χ2n) is 5.57. The molecule has 0 spiro atoms. The summed E-state index contributed by atoms with van der Waals surface area (Å²) < 4.78 is 5.31. The fraction of sp³-hybridized carbons (Fsp3) is 0.316. The summed E-state index contributed by atoms with van der Waals surface area (Å²) in [5.74, 6) is 0.199. The molecule has 2 aromatic carbocycles. The highest BCUT2D eigenvalue weighted by molar-refractivity contribution is 5.77. The number of amides is 1. The lowest BCUT2D eigenvalue weighted by molar-refractivity contribution is -0.135. The van der Waals surface area contributed by atoms with Gasteiger partial charge in [0, 0.05) is 37.4 Å². The van der Waals surface area contributed by atoms with E-state index in [1.165, 1.54) is 0 Å². The zero-order valence-electron chi connectivity index (χ0n) is 13.2. The van der Waals surface area contributed by atoms with Crippen LogP contribution in [0.1, 0.15) is 6.42 Å². The number of nitrogens with zero attached hydrogens (tertiary/aromatic N) is 2. The van der Waals surface area contributed by atoms with Crippen LogP contribution in [-0.2, 0) is 9.53 Å². The topological polar surface area (TPSA) is 32.8 Å². The van der Waals surface area contributed by atoms with Crippen LogP contribution in [-0.4, -0.2) is 43.7 Å². The molecule has 1 fully saturated rings. The highest BCUT2D eigenvalue weighted by Gasteiger charge is 2.18. The Labute approximate surface area is 137 Å². The van der Waals surface area contributed by atoms with E-state index in [1.807, 2.05) is 41.3 Å². The molecule has 1 saturated heterocycles. The van der Waals surface area contributed by atoms with Crippen LogP contribution in [0.15, 0.2) is 60.7 Å². The minimum absolute atomic E-state index is 0.199. The summed E-state index contributed by atoms with van der Waals surface area (Å²) in [5, 5.41) is 0. The number of rotatable bonds is 5. The molecule has 4 heteroatoms. The lowest BCUT2D eigenvalue weighted by Crippen LogP contribution is -2.41. The van der Waals surface area contributed by atoms with Crippen LogP contribution in [0.4, 0.5) is 11.4 Å². The number of anilines is 2. The molecule has 0 N–H and O–H groups in total. The first-order valence-electron chi connectivity index (χ1n) is 8.08. The third-order valence-electron chi connectivity index (χ3n) is 4.05. The molecule has 1 heterocycles. The highest BCUT2D eigenvalue weighted by atomic mass is 16.5. The zero-order chi connectivity index (χ0) is 15.9. The van der Waals surface area contributed by atoms with Crippen LogP contribution in [0.5, 0.6) is 0 Å². The summed E-state index contributed by atoms with van der Waals surface area (Å²) in [5.41, 5.74) is 2.21. The van der Waals surface area contributed by atoms with E-state index in [0.29, 0.717) is 39.3 Å². The largest absolute Gasteiger partial charge is 0.378 e. The molecule has 0 saturated carbocycles. The van der Waals surface area contributed by atoms with Gasteiger partial charge < -0.3 is 14.5 Å². The molecule has 23 heavy (non-hydrogen) atoms. The van der Waals surface area contributed by atoms with Crippen LogP contribution < -0.4 is 4.90 Å². The van der Waals surface area contributed by atoms with Crippen LogP contribution >= 0.6 is 0 Å². The van der Waals surface area contributed by atoms with Crippen molar-refractivity contribution < 1.29 is 9.53 Å². The lowest BCUT2D eigenvalue weighted by atomic mass is 10.2. The van der Waals surface area contributed by atoms with Gasteiger partial charge in [0.15, 0.2) is 0 Å². The molecular formula is C19H22N2O2. The van der Waals surface area contributed by atoms with E-state index >= 15 is 0 Å². The summed E-state index contributed by atoms with van der Waals surface area (Å²) in [4.78, 5) is 16.5. The molecule has 4 nitrogen and oxygen atoms in total. The molecule has 1 aliphatic heterocycles. The predicted molar refractivity (Wildman–Crippen MR) is 91.9 cm³/mol. The highest BCUT2D eigenvalue weighted by Crippen LogP contribution is 2.25. The second kappa shape index (κ2) is 7.79. The molecule has 0 radical (unpaired) electrons. The SMILES string of the molecule is O=C(CCN(c1ccccc1)c1ccccc1)N1CCOCC1. The Bertz CT molecular complexity index is 570. The van der Waals surface area contributed by atoms with Crippen molar-refractivity contribution in [3.8, 4) is 0 Å². The van der Waals surface area contributed by atoms with Gasteiger partial charge in [-0.15, -0.1) is 0 Å². The molecule has 0 aliphatic carbocycles. The van der Waals surface area contributed by atoms with E-state index in [9.17, 15) is 4.79 Å². The number of benzene rings is 2. The molecule has 0 unspecified atom stereocenters.